The number of likely N-dealkylation sites (N-methyl/N-ethyl adjacent to an activating group) is 1. The van der Waals surface area contributed by atoms with Crippen LogP contribution < -0.4 is 5.32 Å². The van der Waals surface area contributed by atoms with Crippen LogP contribution >= 0.6 is 0 Å². The normalized spacial score (nSPS) is 11.3. The summed E-state index contributed by atoms with van der Waals surface area (Å²) >= 11 is 0. The maximum absolute atomic E-state index is 12.4. The van der Waals surface area contributed by atoms with Crippen molar-refractivity contribution in [1.82, 2.24) is 9.88 Å². The molecule has 0 aliphatic heterocycles. The summed E-state index contributed by atoms with van der Waals surface area (Å²) in [4.78, 5) is 19.0. The van der Waals surface area contributed by atoms with E-state index in [1.165, 1.54) is 0 Å². The van der Waals surface area contributed by atoms with Gasteiger partial charge in [0, 0.05) is 29.7 Å². The largest absolute Gasteiger partial charge is 0.384 e. The van der Waals surface area contributed by atoms with Gasteiger partial charge in [0.1, 0.15) is 0 Å². The molecule has 4 heteroatoms. The highest BCUT2D eigenvalue weighted by atomic mass is 16.1. The molecule has 0 amide bonds. The van der Waals surface area contributed by atoms with Crippen molar-refractivity contribution < 1.29 is 4.79 Å². The maximum Gasteiger partial charge on any atom is 0.185 e. The van der Waals surface area contributed by atoms with E-state index in [2.05, 4.69) is 15.2 Å². The molecule has 132 valence electrons. The molecule has 0 spiro atoms. The highest BCUT2D eigenvalue weighted by molar-refractivity contribution is 6.06. The fourth-order valence-electron chi connectivity index (χ4n) is 2.61. The standard InChI is InChI=1S/C22H23N3O/c1-25(2)16-15-23-19-10-8-18(9-11-19)22(26)14-13-20-12-7-17-5-3-4-6-21(17)24-20/h3-14,23H,15-16H2,1-2H3/b14-13+. The first-order valence-electron chi connectivity index (χ1n) is 8.69. The Hall–Kier alpha value is -2.98. The van der Waals surface area contributed by atoms with Crippen LogP contribution in [0.2, 0.25) is 0 Å². The van der Waals surface area contributed by atoms with Crippen molar-refractivity contribution in [3.8, 4) is 0 Å². The summed E-state index contributed by atoms with van der Waals surface area (Å²) in [7, 11) is 4.08. The summed E-state index contributed by atoms with van der Waals surface area (Å²) in [6.07, 6.45) is 3.34. The van der Waals surface area contributed by atoms with E-state index in [0.29, 0.717) is 5.56 Å². The number of hydrogen-bond acceptors (Lipinski definition) is 4. The molecule has 1 N–H and O–H groups in total. The second-order valence-corrected chi connectivity index (χ2v) is 6.43. The van der Waals surface area contributed by atoms with Crippen LogP contribution in [-0.2, 0) is 0 Å². The minimum absolute atomic E-state index is 0.0280. The van der Waals surface area contributed by atoms with Crippen LogP contribution in [0.3, 0.4) is 0 Å². The number of allylic oxidation sites excluding steroid dienone is 1. The van der Waals surface area contributed by atoms with Gasteiger partial charge in [-0.1, -0.05) is 24.3 Å². The van der Waals surface area contributed by atoms with Gasteiger partial charge in [0.15, 0.2) is 5.78 Å². The predicted octanol–water partition coefficient (Wildman–Crippen LogP) is 4.10. The predicted molar refractivity (Wildman–Crippen MR) is 109 cm³/mol. The third-order valence-corrected chi connectivity index (χ3v) is 4.08. The maximum atomic E-state index is 12.4. The van der Waals surface area contributed by atoms with E-state index in [1.807, 2.05) is 74.8 Å². The summed E-state index contributed by atoms with van der Waals surface area (Å²) in [6, 6.07) is 19.4. The number of para-hydroxylation sites is 1. The van der Waals surface area contributed by atoms with Gasteiger partial charge in [0.05, 0.1) is 11.2 Å². The van der Waals surface area contributed by atoms with E-state index in [0.717, 1.165) is 35.4 Å². The Labute approximate surface area is 154 Å². The molecule has 0 aliphatic rings. The number of hydrogen-bond donors (Lipinski definition) is 1. The van der Waals surface area contributed by atoms with Crippen LogP contribution in [0.15, 0.2) is 66.7 Å². The number of ketones is 1. The summed E-state index contributed by atoms with van der Waals surface area (Å²) < 4.78 is 0. The first-order valence-corrected chi connectivity index (χ1v) is 8.69. The molecule has 0 unspecified atom stereocenters. The molecule has 4 nitrogen and oxygen atoms in total. The molecule has 26 heavy (non-hydrogen) atoms. The third kappa shape index (κ3) is 4.77. The number of nitrogens with zero attached hydrogens (tertiary/aromatic N) is 2. The number of anilines is 1. The summed E-state index contributed by atoms with van der Waals surface area (Å²) in [5.41, 5.74) is 3.39. The van der Waals surface area contributed by atoms with Crippen LogP contribution in [0.1, 0.15) is 16.1 Å². The molecule has 0 atom stereocenters. The van der Waals surface area contributed by atoms with Gasteiger partial charge in [0.2, 0.25) is 0 Å². The fourth-order valence-corrected chi connectivity index (χ4v) is 2.61. The number of pyridine rings is 1. The fraction of sp³-hybridized carbons (Fsp3) is 0.182. The van der Waals surface area contributed by atoms with E-state index in [9.17, 15) is 4.79 Å². The van der Waals surface area contributed by atoms with Crippen LogP contribution in [0.5, 0.6) is 0 Å². The zero-order chi connectivity index (χ0) is 18.4. The molecule has 1 aromatic heterocycles. The molecule has 0 saturated carbocycles. The highest BCUT2D eigenvalue weighted by Crippen LogP contribution is 2.14. The lowest BCUT2D eigenvalue weighted by atomic mass is 10.1. The number of nitrogens with one attached hydrogen (secondary N) is 1. The smallest absolute Gasteiger partial charge is 0.185 e. The van der Waals surface area contributed by atoms with Gasteiger partial charge in [-0.2, -0.15) is 0 Å². The van der Waals surface area contributed by atoms with Gasteiger partial charge in [-0.25, -0.2) is 4.98 Å². The SMILES string of the molecule is CN(C)CCNc1ccc(C(=O)/C=C/c2ccc3ccccc3n2)cc1. The van der Waals surface area contributed by atoms with Gasteiger partial charge in [-0.05, 0) is 62.6 Å². The van der Waals surface area contributed by atoms with Crippen molar-refractivity contribution >= 4 is 28.4 Å². The molecule has 0 fully saturated rings. The van der Waals surface area contributed by atoms with Gasteiger partial charge in [0.25, 0.3) is 0 Å². The first kappa shape index (κ1) is 17.8. The third-order valence-electron chi connectivity index (χ3n) is 4.08. The van der Waals surface area contributed by atoms with Crippen molar-refractivity contribution in [3.63, 3.8) is 0 Å². The van der Waals surface area contributed by atoms with E-state index in [-0.39, 0.29) is 5.78 Å². The van der Waals surface area contributed by atoms with Crippen LogP contribution in [0, 0.1) is 0 Å². The Morgan fingerprint density at radius 1 is 1.04 bits per heavy atom. The van der Waals surface area contributed by atoms with Gasteiger partial charge < -0.3 is 10.2 Å². The van der Waals surface area contributed by atoms with Crippen LogP contribution in [0.4, 0.5) is 5.69 Å². The molecule has 1 heterocycles. The quantitative estimate of drug-likeness (QED) is 0.517. The Morgan fingerprint density at radius 3 is 2.58 bits per heavy atom. The number of carbonyl (C=O) groups is 1. The summed E-state index contributed by atoms with van der Waals surface area (Å²) in [6.45, 7) is 1.83. The average Bonchev–Trinajstić information content (AvgIpc) is 2.66. The Kier molecular flexibility index (Phi) is 5.77. The Morgan fingerprint density at radius 2 is 1.81 bits per heavy atom. The van der Waals surface area contributed by atoms with Crippen molar-refractivity contribution in [3.05, 3.63) is 78.0 Å². The Balaban J connectivity index is 1.63. The number of carbonyl (C=O) groups excluding carboxylic acids is 1. The molecule has 0 saturated heterocycles. The second kappa shape index (κ2) is 8.41. The van der Waals surface area contributed by atoms with Crippen molar-refractivity contribution in [2.75, 3.05) is 32.5 Å². The first-order chi connectivity index (χ1) is 12.6. The minimum atomic E-state index is -0.0280. The summed E-state index contributed by atoms with van der Waals surface area (Å²) in [5, 5.41) is 4.43. The molecule has 3 aromatic rings. The van der Waals surface area contributed by atoms with Crippen LogP contribution in [0.25, 0.3) is 17.0 Å². The van der Waals surface area contributed by atoms with E-state index >= 15 is 0 Å². The molecule has 3 rings (SSSR count). The van der Waals surface area contributed by atoms with E-state index in [4.69, 9.17) is 0 Å². The lowest BCUT2D eigenvalue weighted by Crippen LogP contribution is -2.20. The second-order valence-electron chi connectivity index (χ2n) is 6.43. The van der Waals surface area contributed by atoms with Gasteiger partial charge in [-0.15, -0.1) is 0 Å². The van der Waals surface area contributed by atoms with Gasteiger partial charge in [-0.3, -0.25) is 4.79 Å². The summed E-state index contributed by atoms with van der Waals surface area (Å²) in [5.74, 6) is -0.0280. The highest BCUT2D eigenvalue weighted by Gasteiger charge is 2.02. The van der Waals surface area contributed by atoms with Crippen molar-refractivity contribution in [2.45, 2.75) is 0 Å². The Bertz CT molecular complexity index is 914. The number of fused-ring (bicyclic) bond motifs is 1. The topological polar surface area (TPSA) is 45.2 Å². The molecule has 0 radical (unpaired) electrons. The van der Waals surface area contributed by atoms with Gasteiger partial charge >= 0.3 is 0 Å². The van der Waals surface area contributed by atoms with E-state index < -0.39 is 0 Å². The number of rotatable bonds is 7. The molecule has 2 aromatic carbocycles. The van der Waals surface area contributed by atoms with Crippen molar-refractivity contribution in [2.24, 2.45) is 0 Å². The number of aromatic nitrogens is 1. The molecule has 0 bridgehead atoms. The van der Waals surface area contributed by atoms with Crippen molar-refractivity contribution in [1.29, 1.82) is 0 Å². The number of benzene rings is 2. The lowest BCUT2D eigenvalue weighted by molar-refractivity contribution is 0.104. The zero-order valence-electron chi connectivity index (χ0n) is 15.1. The van der Waals surface area contributed by atoms with Crippen LogP contribution in [-0.4, -0.2) is 42.9 Å². The minimum Gasteiger partial charge on any atom is -0.384 e. The lowest BCUT2D eigenvalue weighted by Gasteiger charge is -2.11. The zero-order valence-corrected chi connectivity index (χ0v) is 15.1. The molecular weight excluding hydrogens is 322 g/mol. The van der Waals surface area contributed by atoms with E-state index in [1.54, 1.807) is 12.2 Å². The monoisotopic (exact) mass is 345 g/mol. The average molecular weight is 345 g/mol. The molecule has 0 aliphatic carbocycles. The molecular formula is C22H23N3O.